The standard InChI is InChI=1S/C12H20N2O5/c1-2-12(4-3-5-12)8-13-11(19)14(6-9(15)16)7-10(17)18/h2-8H2,1H3,(H,13,19)(H,15,16)(H,17,18). The molecule has 0 saturated heterocycles. The fourth-order valence-corrected chi connectivity index (χ4v) is 2.23. The molecule has 3 N–H and O–H groups in total. The van der Waals surface area contributed by atoms with Crippen molar-refractivity contribution in [3.05, 3.63) is 0 Å². The summed E-state index contributed by atoms with van der Waals surface area (Å²) in [5.41, 5.74) is 0.105. The second kappa shape index (κ2) is 6.40. The van der Waals surface area contributed by atoms with Crippen molar-refractivity contribution >= 4 is 18.0 Å². The van der Waals surface area contributed by atoms with Gasteiger partial charge in [0, 0.05) is 6.54 Å². The molecular weight excluding hydrogens is 252 g/mol. The topological polar surface area (TPSA) is 107 Å². The molecule has 7 nitrogen and oxygen atoms in total. The summed E-state index contributed by atoms with van der Waals surface area (Å²) in [6.45, 7) is 1.30. The number of rotatable bonds is 7. The number of nitrogens with zero attached hydrogens (tertiary/aromatic N) is 1. The van der Waals surface area contributed by atoms with Crippen LogP contribution < -0.4 is 5.32 Å². The van der Waals surface area contributed by atoms with Gasteiger partial charge in [0.25, 0.3) is 0 Å². The molecule has 7 heteroatoms. The summed E-state index contributed by atoms with van der Waals surface area (Å²) in [5, 5.41) is 20.0. The molecule has 0 aliphatic heterocycles. The van der Waals surface area contributed by atoms with Gasteiger partial charge in [-0.25, -0.2) is 4.79 Å². The second-order valence-electron chi connectivity index (χ2n) is 5.01. The van der Waals surface area contributed by atoms with Crippen LogP contribution in [0.15, 0.2) is 0 Å². The van der Waals surface area contributed by atoms with Crippen LogP contribution in [0.2, 0.25) is 0 Å². The highest BCUT2D eigenvalue weighted by molar-refractivity contribution is 5.84. The highest BCUT2D eigenvalue weighted by Crippen LogP contribution is 2.43. The Hall–Kier alpha value is -1.79. The number of amides is 2. The number of hydrogen-bond donors (Lipinski definition) is 3. The van der Waals surface area contributed by atoms with Gasteiger partial charge >= 0.3 is 18.0 Å². The maximum atomic E-state index is 11.8. The Morgan fingerprint density at radius 1 is 1.16 bits per heavy atom. The van der Waals surface area contributed by atoms with Crippen LogP contribution >= 0.6 is 0 Å². The first kappa shape index (κ1) is 15.3. The van der Waals surface area contributed by atoms with E-state index in [0.717, 1.165) is 30.6 Å². The van der Waals surface area contributed by atoms with Crippen LogP contribution in [0, 0.1) is 5.41 Å². The van der Waals surface area contributed by atoms with Crippen LogP contribution in [0.1, 0.15) is 32.6 Å². The third-order valence-corrected chi connectivity index (χ3v) is 3.72. The Morgan fingerprint density at radius 2 is 1.68 bits per heavy atom. The van der Waals surface area contributed by atoms with Gasteiger partial charge in [-0.15, -0.1) is 0 Å². The van der Waals surface area contributed by atoms with E-state index in [4.69, 9.17) is 10.2 Å². The second-order valence-corrected chi connectivity index (χ2v) is 5.01. The first-order chi connectivity index (χ1) is 8.88. The third-order valence-electron chi connectivity index (χ3n) is 3.72. The summed E-state index contributed by atoms with van der Waals surface area (Å²) >= 11 is 0. The highest BCUT2D eigenvalue weighted by Gasteiger charge is 2.35. The lowest BCUT2D eigenvalue weighted by Crippen LogP contribution is -2.49. The molecule has 1 rings (SSSR count). The summed E-state index contributed by atoms with van der Waals surface area (Å²) in [7, 11) is 0. The molecule has 0 aromatic carbocycles. The predicted molar refractivity (Wildman–Crippen MR) is 66.8 cm³/mol. The quantitative estimate of drug-likeness (QED) is 0.634. The van der Waals surface area contributed by atoms with Crippen molar-refractivity contribution in [3.8, 4) is 0 Å². The number of urea groups is 1. The predicted octanol–water partition coefficient (Wildman–Crippen LogP) is 0.747. The van der Waals surface area contributed by atoms with E-state index in [1.54, 1.807) is 0 Å². The minimum absolute atomic E-state index is 0.105. The number of carbonyl (C=O) groups is 3. The van der Waals surface area contributed by atoms with Gasteiger partial charge in [-0.05, 0) is 24.7 Å². The fourth-order valence-electron chi connectivity index (χ4n) is 2.23. The number of carbonyl (C=O) groups excluding carboxylic acids is 1. The zero-order valence-corrected chi connectivity index (χ0v) is 11.0. The molecule has 0 bridgehead atoms. The molecule has 0 aromatic rings. The van der Waals surface area contributed by atoms with Crippen LogP contribution in [0.4, 0.5) is 4.79 Å². The Kier molecular flexibility index (Phi) is 5.14. The Morgan fingerprint density at radius 3 is 2.00 bits per heavy atom. The van der Waals surface area contributed by atoms with Gasteiger partial charge in [0.2, 0.25) is 0 Å². The average molecular weight is 272 g/mol. The zero-order valence-electron chi connectivity index (χ0n) is 11.0. The molecule has 1 saturated carbocycles. The molecule has 0 heterocycles. The molecule has 0 unspecified atom stereocenters. The fraction of sp³-hybridized carbons (Fsp3) is 0.750. The smallest absolute Gasteiger partial charge is 0.323 e. The van der Waals surface area contributed by atoms with Crippen molar-refractivity contribution < 1.29 is 24.6 Å². The SMILES string of the molecule is CCC1(CNC(=O)N(CC(=O)O)CC(=O)O)CCC1. The first-order valence-corrected chi connectivity index (χ1v) is 6.35. The summed E-state index contributed by atoms with van der Waals surface area (Å²) in [6.07, 6.45) is 4.17. The molecule has 0 aromatic heterocycles. The lowest BCUT2D eigenvalue weighted by Gasteiger charge is -2.41. The minimum atomic E-state index is -1.23. The Labute approximate surface area is 111 Å². The van der Waals surface area contributed by atoms with Gasteiger partial charge in [-0.2, -0.15) is 0 Å². The summed E-state index contributed by atoms with van der Waals surface area (Å²) < 4.78 is 0. The molecule has 1 fully saturated rings. The highest BCUT2D eigenvalue weighted by atomic mass is 16.4. The maximum absolute atomic E-state index is 11.8. The Bertz CT molecular complexity index is 344. The first-order valence-electron chi connectivity index (χ1n) is 6.35. The van der Waals surface area contributed by atoms with Gasteiger partial charge in [-0.1, -0.05) is 13.3 Å². The van der Waals surface area contributed by atoms with Crippen LogP contribution in [-0.2, 0) is 9.59 Å². The molecular formula is C12H20N2O5. The third kappa shape index (κ3) is 4.42. The lowest BCUT2D eigenvalue weighted by atomic mass is 9.67. The summed E-state index contributed by atoms with van der Waals surface area (Å²) in [4.78, 5) is 33.8. The van der Waals surface area contributed by atoms with Gasteiger partial charge in [0.05, 0.1) is 0 Å². The van der Waals surface area contributed by atoms with Crippen molar-refractivity contribution in [2.75, 3.05) is 19.6 Å². The van der Waals surface area contributed by atoms with Crippen LogP contribution in [0.5, 0.6) is 0 Å². The lowest BCUT2D eigenvalue weighted by molar-refractivity contribution is -0.140. The van der Waals surface area contributed by atoms with Gasteiger partial charge in [-0.3, -0.25) is 9.59 Å². The number of carboxylic acids is 2. The van der Waals surface area contributed by atoms with Crippen LogP contribution in [0.3, 0.4) is 0 Å². The van der Waals surface area contributed by atoms with Crippen molar-refractivity contribution in [2.45, 2.75) is 32.6 Å². The zero-order chi connectivity index (χ0) is 14.5. The van der Waals surface area contributed by atoms with E-state index in [0.29, 0.717) is 6.54 Å². The number of aliphatic carboxylic acids is 2. The normalized spacial score (nSPS) is 16.3. The van der Waals surface area contributed by atoms with E-state index >= 15 is 0 Å². The number of nitrogens with one attached hydrogen (secondary N) is 1. The van der Waals surface area contributed by atoms with Gasteiger partial charge in [0.1, 0.15) is 13.1 Å². The van der Waals surface area contributed by atoms with E-state index in [1.165, 1.54) is 0 Å². The molecule has 1 aliphatic rings. The number of carboxylic acid groups (broad SMARTS) is 2. The van der Waals surface area contributed by atoms with Crippen LogP contribution in [-0.4, -0.2) is 52.7 Å². The van der Waals surface area contributed by atoms with Crippen molar-refractivity contribution in [1.82, 2.24) is 10.2 Å². The summed E-state index contributed by atoms with van der Waals surface area (Å²) in [6, 6.07) is -0.635. The maximum Gasteiger partial charge on any atom is 0.323 e. The molecule has 108 valence electrons. The van der Waals surface area contributed by atoms with E-state index in [2.05, 4.69) is 12.2 Å². The molecule has 2 amide bonds. The van der Waals surface area contributed by atoms with Crippen molar-refractivity contribution in [1.29, 1.82) is 0 Å². The van der Waals surface area contributed by atoms with Crippen molar-refractivity contribution in [2.24, 2.45) is 5.41 Å². The van der Waals surface area contributed by atoms with E-state index in [-0.39, 0.29) is 5.41 Å². The molecule has 1 aliphatic carbocycles. The largest absolute Gasteiger partial charge is 0.480 e. The molecule has 19 heavy (non-hydrogen) atoms. The van der Waals surface area contributed by atoms with Gasteiger partial charge in [0.15, 0.2) is 0 Å². The van der Waals surface area contributed by atoms with Gasteiger partial charge < -0.3 is 20.4 Å². The Balaban J connectivity index is 2.51. The van der Waals surface area contributed by atoms with E-state index in [1.807, 2.05) is 0 Å². The van der Waals surface area contributed by atoms with E-state index in [9.17, 15) is 14.4 Å². The minimum Gasteiger partial charge on any atom is -0.480 e. The van der Waals surface area contributed by atoms with Crippen LogP contribution in [0.25, 0.3) is 0 Å². The summed E-state index contributed by atoms with van der Waals surface area (Å²) in [5.74, 6) is -2.46. The molecule has 0 atom stereocenters. The molecule has 0 spiro atoms. The monoisotopic (exact) mass is 272 g/mol. The molecule has 0 radical (unpaired) electrons. The number of hydrogen-bond acceptors (Lipinski definition) is 3. The van der Waals surface area contributed by atoms with E-state index < -0.39 is 31.1 Å². The van der Waals surface area contributed by atoms with Crippen molar-refractivity contribution in [3.63, 3.8) is 0 Å². The average Bonchev–Trinajstić information content (AvgIpc) is 2.25.